The Hall–Kier alpha value is -2.49. The van der Waals surface area contributed by atoms with E-state index in [0.29, 0.717) is 12.3 Å². The van der Waals surface area contributed by atoms with E-state index in [0.717, 1.165) is 75.5 Å². The van der Waals surface area contributed by atoms with Crippen LogP contribution < -0.4 is 9.47 Å². The second kappa shape index (κ2) is 7.74. The predicted molar refractivity (Wildman–Crippen MR) is 113 cm³/mol. The normalized spacial score (nSPS) is 18.2. The first-order valence-electron chi connectivity index (χ1n) is 10.9. The summed E-state index contributed by atoms with van der Waals surface area (Å²) in [4.78, 5) is 14.8. The second-order valence-corrected chi connectivity index (χ2v) is 8.71. The quantitative estimate of drug-likeness (QED) is 0.794. The zero-order valence-corrected chi connectivity index (χ0v) is 17.2. The molecule has 0 radical (unpaired) electrons. The number of benzene rings is 2. The van der Waals surface area contributed by atoms with Crippen LogP contribution in [0.15, 0.2) is 30.3 Å². The average molecular weight is 392 g/mol. The van der Waals surface area contributed by atoms with Gasteiger partial charge < -0.3 is 14.4 Å². The van der Waals surface area contributed by atoms with Crippen molar-refractivity contribution in [1.82, 2.24) is 4.90 Å². The first-order valence-corrected chi connectivity index (χ1v) is 10.9. The van der Waals surface area contributed by atoms with E-state index in [4.69, 9.17) is 9.47 Å². The van der Waals surface area contributed by atoms with Gasteiger partial charge in [0.1, 0.15) is 11.5 Å². The van der Waals surface area contributed by atoms with Crippen LogP contribution in [-0.4, -0.2) is 37.1 Å². The van der Waals surface area contributed by atoms with Gasteiger partial charge in [0.15, 0.2) is 0 Å². The van der Waals surface area contributed by atoms with Crippen LogP contribution in [0.5, 0.6) is 11.5 Å². The summed E-state index contributed by atoms with van der Waals surface area (Å²) >= 11 is 0. The van der Waals surface area contributed by atoms with E-state index >= 15 is 0 Å². The summed E-state index contributed by atoms with van der Waals surface area (Å²) in [6.45, 7) is 5.38. The molecule has 4 heteroatoms. The summed E-state index contributed by atoms with van der Waals surface area (Å²) in [6, 6.07) is 10.5. The molecule has 0 atom stereocenters. The highest BCUT2D eigenvalue weighted by molar-refractivity contribution is 5.78. The van der Waals surface area contributed by atoms with Gasteiger partial charge in [-0.15, -0.1) is 0 Å². The molecule has 1 fully saturated rings. The summed E-state index contributed by atoms with van der Waals surface area (Å²) < 4.78 is 11.9. The Balaban J connectivity index is 1.23. The standard InChI is InChI=1S/C25H29NO3/c1-17-3-2-4-19(13-17)15-24(27)26-9-5-18(6-10-26)14-22-21-8-12-28-23(21)16-20-7-11-29-25(20)22/h2-4,13,16,18H,5-12,14-15H2,1H3. The van der Waals surface area contributed by atoms with E-state index in [9.17, 15) is 4.79 Å². The molecule has 3 aliphatic heterocycles. The lowest BCUT2D eigenvalue weighted by molar-refractivity contribution is -0.131. The van der Waals surface area contributed by atoms with Crippen LogP contribution in [0.1, 0.15) is 40.7 Å². The molecule has 0 saturated carbocycles. The minimum absolute atomic E-state index is 0.257. The van der Waals surface area contributed by atoms with Gasteiger partial charge in [0, 0.05) is 42.6 Å². The van der Waals surface area contributed by atoms with Crippen molar-refractivity contribution in [2.75, 3.05) is 26.3 Å². The molecule has 2 aromatic carbocycles. The molecule has 3 heterocycles. The number of piperidine rings is 1. The SMILES string of the molecule is Cc1cccc(CC(=O)N2CCC(Cc3c4c(cc5c3OCC5)OCC4)CC2)c1. The summed E-state index contributed by atoms with van der Waals surface area (Å²) in [7, 11) is 0. The number of fused-ring (bicyclic) bond motifs is 2. The van der Waals surface area contributed by atoms with Crippen molar-refractivity contribution in [3.8, 4) is 11.5 Å². The van der Waals surface area contributed by atoms with Crippen LogP contribution in [0.25, 0.3) is 0 Å². The van der Waals surface area contributed by atoms with Gasteiger partial charge in [0.05, 0.1) is 19.6 Å². The van der Waals surface area contributed by atoms with Crippen molar-refractivity contribution >= 4 is 5.91 Å². The van der Waals surface area contributed by atoms with E-state index in [1.165, 1.54) is 22.3 Å². The predicted octanol–water partition coefficient (Wildman–Crippen LogP) is 3.89. The minimum Gasteiger partial charge on any atom is -0.493 e. The molecule has 0 aromatic heterocycles. The van der Waals surface area contributed by atoms with E-state index in [-0.39, 0.29) is 5.91 Å². The van der Waals surface area contributed by atoms with Crippen molar-refractivity contribution in [2.45, 2.75) is 45.4 Å². The van der Waals surface area contributed by atoms with E-state index in [2.05, 4.69) is 36.1 Å². The zero-order chi connectivity index (χ0) is 19.8. The summed E-state index contributed by atoms with van der Waals surface area (Å²) in [5.41, 5.74) is 6.39. The number of carbonyl (C=O) groups excluding carboxylic acids is 1. The number of nitrogens with zero attached hydrogens (tertiary/aromatic N) is 1. The topological polar surface area (TPSA) is 38.8 Å². The first-order chi connectivity index (χ1) is 14.2. The third-order valence-electron chi connectivity index (χ3n) is 6.66. The average Bonchev–Trinajstić information content (AvgIpc) is 3.37. The van der Waals surface area contributed by atoms with Gasteiger partial charge in [0.25, 0.3) is 0 Å². The molecular weight excluding hydrogens is 362 g/mol. The highest BCUT2D eigenvalue weighted by Crippen LogP contribution is 2.42. The fraction of sp³-hybridized carbons (Fsp3) is 0.480. The molecular formula is C25H29NO3. The Kier molecular flexibility index (Phi) is 4.94. The number of rotatable bonds is 4. The van der Waals surface area contributed by atoms with E-state index < -0.39 is 0 Å². The Labute approximate surface area is 172 Å². The lowest BCUT2D eigenvalue weighted by atomic mass is 9.86. The molecule has 4 nitrogen and oxygen atoms in total. The number of hydrogen-bond acceptors (Lipinski definition) is 3. The molecule has 0 N–H and O–H groups in total. The lowest BCUT2D eigenvalue weighted by Gasteiger charge is -2.32. The maximum absolute atomic E-state index is 12.7. The number of ether oxygens (including phenoxy) is 2. The molecule has 152 valence electrons. The van der Waals surface area contributed by atoms with Crippen molar-refractivity contribution in [2.24, 2.45) is 5.92 Å². The Bertz CT molecular complexity index is 896. The fourth-order valence-electron chi connectivity index (χ4n) is 5.08. The van der Waals surface area contributed by atoms with Crippen LogP contribution in [0.3, 0.4) is 0 Å². The number of carbonyl (C=O) groups is 1. The molecule has 0 unspecified atom stereocenters. The first kappa shape index (κ1) is 18.5. The van der Waals surface area contributed by atoms with Crippen molar-refractivity contribution < 1.29 is 14.3 Å². The van der Waals surface area contributed by atoms with Gasteiger partial charge in [-0.05, 0) is 43.7 Å². The smallest absolute Gasteiger partial charge is 0.226 e. The van der Waals surface area contributed by atoms with Gasteiger partial charge in [-0.3, -0.25) is 4.79 Å². The van der Waals surface area contributed by atoms with Crippen molar-refractivity contribution in [3.63, 3.8) is 0 Å². The largest absolute Gasteiger partial charge is 0.493 e. The molecule has 0 bridgehead atoms. The molecule has 2 aromatic rings. The Morgan fingerprint density at radius 2 is 1.93 bits per heavy atom. The van der Waals surface area contributed by atoms with E-state index in [1.54, 1.807) is 0 Å². The van der Waals surface area contributed by atoms with Crippen molar-refractivity contribution in [1.29, 1.82) is 0 Å². The van der Waals surface area contributed by atoms with Gasteiger partial charge in [0.2, 0.25) is 5.91 Å². The third-order valence-corrected chi connectivity index (χ3v) is 6.66. The summed E-state index contributed by atoms with van der Waals surface area (Å²) in [6.07, 6.45) is 5.68. The van der Waals surface area contributed by atoms with Gasteiger partial charge in [-0.1, -0.05) is 29.8 Å². The number of amides is 1. The van der Waals surface area contributed by atoms with Gasteiger partial charge >= 0.3 is 0 Å². The highest BCUT2D eigenvalue weighted by Gasteiger charge is 2.30. The van der Waals surface area contributed by atoms with Crippen LogP contribution in [0.2, 0.25) is 0 Å². The second-order valence-electron chi connectivity index (χ2n) is 8.71. The number of aryl methyl sites for hydroxylation is 1. The van der Waals surface area contributed by atoms with Crippen LogP contribution in [-0.2, 0) is 30.5 Å². The van der Waals surface area contributed by atoms with Crippen LogP contribution in [0.4, 0.5) is 0 Å². The molecule has 1 saturated heterocycles. The summed E-state index contributed by atoms with van der Waals surface area (Å²) in [5.74, 6) is 3.08. The number of likely N-dealkylation sites (tertiary alicyclic amines) is 1. The monoisotopic (exact) mass is 391 g/mol. The third kappa shape index (κ3) is 3.73. The van der Waals surface area contributed by atoms with Crippen LogP contribution >= 0.6 is 0 Å². The zero-order valence-electron chi connectivity index (χ0n) is 17.2. The molecule has 0 spiro atoms. The van der Waals surface area contributed by atoms with E-state index in [1.807, 2.05) is 6.07 Å². The Morgan fingerprint density at radius 3 is 2.76 bits per heavy atom. The van der Waals surface area contributed by atoms with Crippen LogP contribution in [0, 0.1) is 12.8 Å². The molecule has 29 heavy (non-hydrogen) atoms. The van der Waals surface area contributed by atoms with Gasteiger partial charge in [-0.25, -0.2) is 0 Å². The molecule has 5 rings (SSSR count). The molecule has 1 amide bonds. The molecule has 3 aliphatic rings. The highest BCUT2D eigenvalue weighted by atomic mass is 16.5. The number of hydrogen-bond donors (Lipinski definition) is 0. The maximum atomic E-state index is 12.7. The van der Waals surface area contributed by atoms with Gasteiger partial charge in [-0.2, -0.15) is 0 Å². The fourth-order valence-corrected chi connectivity index (χ4v) is 5.08. The Morgan fingerprint density at radius 1 is 1.10 bits per heavy atom. The molecule has 0 aliphatic carbocycles. The minimum atomic E-state index is 0.257. The summed E-state index contributed by atoms with van der Waals surface area (Å²) in [5, 5.41) is 0. The lowest BCUT2D eigenvalue weighted by Crippen LogP contribution is -2.39. The van der Waals surface area contributed by atoms with Crippen molar-refractivity contribution in [3.05, 3.63) is 58.1 Å². The maximum Gasteiger partial charge on any atom is 0.226 e.